The van der Waals surface area contributed by atoms with Crippen LogP contribution in [0.1, 0.15) is 44.7 Å². The fourth-order valence-corrected chi connectivity index (χ4v) is 4.63. The molecule has 0 spiro atoms. The molecule has 1 aliphatic carbocycles. The van der Waals surface area contributed by atoms with Crippen LogP contribution in [-0.2, 0) is 6.42 Å². The summed E-state index contributed by atoms with van der Waals surface area (Å²) in [5.41, 5.74) is 5.27. The number of ketones is 1. The van der Waals surface area contributed by atoms with Crippen molar-refractivity contribution in [3.8, 4) is 11.1 Å². The van der Waals surface area contributed by atoms with E-state index in [0.29, 0.717) is 17.0 Å². The van der Waals surface area contributed by atoms with Crippen molar-refractivity contribution in [3.63, 3.8) is 0 Å². The molecular formula is C26H23NO2. The molecule has 0 radical (unpaired) electrons. The van der Waals surface area contributed by atoms with Crippen LogP contribution in [0.2, 0.25) is 0 Å². The largest absolute Gasteiger partial charge is 0.339 e. The summed E-state index contributed by atoms with van der Waals surface area (Å²) >= 11 is 0. The van der Waals surface area contributed by atoms with Crippen LogP contribution in [0.15, 0.2) is 72.8 Å². The summed E-state index contributed by atoms with van der Waals surface area (Å²) in [5, 5.41) is 0. The molecule has 0 aromatic heterocycles. The molecule has 2 aliphatic rings. The van der Waals surface area contributed by atoms with Crippen molar-refractivity contribution in [1.82, 2.24) is 4.90 Å². The van der Waals surface area contributed by atoms with Crippen molar-refractivity contribution in [2.75, 3.05) is 13.1 Å². The number of carbonyl (C=O) groups excluding carboxylic acids is 2. The van der Waals surface area contributed by atoms with E-state index in [4.69, 9.17) is 0 Å². The van der Waals surface area contributed by atoms with Gasteiger partial charge in [-0.05, 0) is 54.0 Å². The number of carbonyl (C=O) groups is 2. The first kappa shape index (κ1) is 17.9. The van der Waals surface area contributed by atoms with Crippen LogP contribution in [0.5, 0.6) is 0 Å². The maximum absolute atomic E-state index is 13.1. The van der Waals surface area contributed by atoms with Gasteiger partial charge in [0.15, 0.2) is 5.78 Å². The Bertz CT molecular complexity index is 1080. The molecule has 1 fully saturated rings. The van der Waals surface area contributed by atoms with Crippen LogP contribution in [0, 0.1) is 5.92 Å². The first-order chi connectivity index (χ1) is 14.2. The second-order valence-corrected chi connectivity index (χ2v) is 8.06. The van der Waals surface area contributed by atoms with Gasteiger partial charge in [-0.15, -0.1) is 0 Å². The third-order valence-corrected chi connectivity index (χ3v) is 6.24. The number of piperidine rings is 1. The van der Waals surface area contributed by atoms with Crippen LogP contribution >= 0.6 is 0 Å². The molecule has 29 heavy (non-hydrogen) atoms. The Kier molecular flexibility index (Phi) is 4.51. The van der Waals surface area contributed by atoms with Crippen LogP contribution in [0.3, 0.4) is 0 Å². The zero-order valence-electron chi connectivity index (χ0n) is 16.3. The summed E-state index contributed by atoms with van der Waals surface area (Å²) in [5.74, 6) is 0.680. The number of likely N-dealkylation sites (tertiary alicyclic amines) is 1. The highest BCUT2D eigenvalue weighted by Gasteiger charge is 2.29. The Hall–Kier alpha value is -3.20. The van der Waals surface area contributed by atoms with E-state index in [1.54, 1.807) is 6.07 Å². The standard InChI is InChI=1S/C26H23NO2/c28-25-23-9-5-4-8-21(23)22-11-10-20(17-24(22)25)26(29)27-14-12-19(13-15-27)16-18-6-2-1-3-7-18/h1-11,17,19H,12-16H2. The fourth-order valence-electron chi connectivity index (χ4n) is 4.63. The highest BCUT2D eigenvalue weighted by Crippen LogP contribution is 2.37. The molecule has 1 heterocycles. The maximum Gasteiger partial charge on any atom is 0.253 e. The van der Waals surface area contributed by atoms with Crippen LogP contribution < -0.4 is 0 Å². The van der Waals surface area contributed by atoms with Gasteiger partial charge in [0, 0.05) is 29.8 Å². The average molecular weight is 381 g/mol. The minimum Gasteiger partial charge on any atom is -0.339 e. The van der Waals surface area contributed by atoms with Gasteiger partial charge in [-0.25, -0.2) is 0 Å². The van der Waals surface area contributed by atoms with Crippen molar-refractivity contribution < 1.29 is 9.59 Å². The molecule has 144 valence electrons. The predicted molar refractivity (Wildman–Crippen MR) is 114 cm³/mol. The second-order valence-electron chi connectivity index (χ2n) is 8.06. The van der Waals surface area contributed by atoms with E-state index in [1.807, 2.05) is 47.4 Å². The normalized spacial score (nSPS) is 15.9. The van der Waals surface area contributed by atoms with Crippen molar-refractivity contribution in [1.29, 1.82) is 0 Å². The maximum atomic E-state index is 13.1. The van der Waals surface area contributed by atoms with Crippen molar-refractivity contribution in [2.45, 2.75) is 19.3 Å². The van der Waals surface area contributed by atoms with Crippen LogP contribution in [-0.4, -0.2) is 29.7 Å². The third kappa shape index (κ3) is 3.27. The fraction of sp³-hybridized carbons (Fsp3) is 0.231. The summed E-state index contributed by atoms with van der Waals surface area (Å²) < 4.78 is 0. The molecule has 1 saturated heterocycles. The first-order valence-electron chi connectivity index (χ1n) is 10.3. The van der Waals surface area contributed by atoms with E-state index in [9.17, 15) is 9.59 Å². The number of fused-ring (bicyclic) bond motifs is 3. The molecule has 5 rings (SSSR count). The molecule has 1 aliphatic heterocycles. The number of hydrogen-bond acceptors (Lipinski definition) is 2. The van der Waals surface area contributed by atoms with Gasteiger partial charge in [-0.1, -0.05) is 60.7 Å². The number of rotatable bonds is 3. The van der Waals surface area contributed by atoms with E-state index >= 15 is 0 Å². The van der Waals surface area contributed by atoms with Gasteiger partial charge in [0.2, 0.25) is 0 Å². The number of hydrogen-bond donors (Lipinski definition) is 0. The highest BCUT2D eigenvalue weighted by molar-refractivity contribution is 6.22. The average Bonchev–Trinajstić information content (AvgIpc) is 3.06. The molecule has 0 N–H and O–H groups in total. The van der Waals surface area contributed by atoms with E-state index in [-0.39, 0.29) is 11.7 Å². The lowest BCUT2D eigenvalue weighted by Gasteiger charge is -2.32. The predicted octanol–water partition coefficient (Wildman–Crippen LogP) is 4.99. The SMILES string of the molecule is O=C1c2ccccc2-c2ccc(C(=O)N3CCC(Cc4ccccc4)CC3)cc21. The molecule has 3 nitrogen and oxygen atoms in total. The Morgan fingerprint density at radius 2 is 1.45 bits per heavy atom. The number of amides is 1. The zero-order valence-corrected chi connectivity index (χ0v) is 16.3. The molecule has 0 unspecified atom stereocenters. The Labute approximate surface area is 171 Å². The second kappa shape index (κ2) is 7.32. The lowest BCUT2D eigenvalue weighted by Crippen LogP contribution is -2.39. The van der Waals surface area contributed by atoms with E-state index < -0.39 is 0 Å². The number of benzene rings is 3. The lowest BCUT2D eigenvalue weighted by molar-refractivity contribution is 0.0690. The molecule has 3 aromatic carbocycles. The third-order valence-electron chi connectivity index (χ3n) is 6.24. The Balaban J connectivity index is 1.28. The van der Waals surface area contributed by atoms with Crippen molar-refractivity contribution in [3.05, 3.63) is 95.1 Å². The van der Waals surface area contributed by atoms with Gasteiger partial charge in [0.1, 0.15) is 0 Å². The van der Waals surface area contributed by atoms with E-state index in [1.165, 1.54) is 5.56 Å². The molecule has 1 amide bonds. The molecular weight excluding hydrogens is 358 g/mol. The highest BCUT2D eigenvalue weighted by atomic mass is 16.2. The first-order valence-corrected chi connectivity index (χ1v) is 10.3. The van der Waals surface area contributed by atoms with Gasteiger partial charge < -0.3 is 4.90 Å². The van der Waals surface area contributed by atoms with Crippen molar-refractivity contribution >= 4 is 11.7 Å². The minimum atomic E-state index is 0.0202. The van der Waals surface area contributed by atoms with E-state index in [2.05, 4.69) is 24.3 Å². The molecule has 0 atom stereocenters. The monoisotopic (exact) mass is 381 g/mol. The van der Waals surface area contributed by atoms with Crippen LogP contribution in [0.4, 0.5) is 0 Å². The Morgan fingerprint density at radius 1 is 0.793 bits per heavy atom. The molecule has 0 bridgehead atoms. The lowest BCUT2D eigenvalue weighted by atomic mass is 9.90. The summed E-state index contributed by atoms with van der Waals surface area (Å²) in [6.45, 7) is 1.56. The molecule has 0 saturated carbocycles. The van der Waals surface area contributed by atoms with Crippen molar-refractivity contribution in [2.24, 2.45) is 5.92 Å². The Morgan fingerprint density at radius 3 is 2.21 bits per heavy atom. The summed E-state index contributed by atoms with van der Waals surface area (Å²) in [6, 6.07) is 23.8. The van der Waals surface area contributed by atoms with Gasteiger partial charge in [-0.3, -0.25) is 9.59 Å². The number of nitrogens with zero attached hydrogens (tertiary/aromatic N) is 1. The summed E-state index contributed by atoms with van der Waals surface area (Å²) in [7, 11) is 0. The molecule has 3 heteroatoms. The molecule has 3 aromatic rings. The van der Waals surface area contributed by atoms with E-state index in [0.717, 1.165) is 49.0 Å². The quantitative estimate of drug-likeness (QED) is 0.501. The van der Waals surface area contributed by atoms with Gasteiger partial charge in [-0.2, -0.15) is 0 Å². The summed E-state index contributed by atoms with van der Waals surface area (Å²) in [6.07, 6.45) is 3.13. The van der Waals surface area contributed by atoms with Gasteiger partial charge >= 0.3 is 0 Å². The smallest absolute Gasteiger partial charge is 0.253 e. The zero-order chi connectivity index (χ0) is 19.8. The van der Waals surface area contributed by atoms with Gasteiger partial charge in [0.25, 0.3) is 5.91 Å². The minimum absolute atomic E-state index is 0.0202. The topological polar surface area (TPSA) is 37.4 Å². The van der Waals surface area contributed by atoms with Crippen LogP contribution in [0.25, 0.3) is 11.1 Å². The summed E-state index contributed by atoms with van der Waals surface area (Å²) in [4.78, 5) is 27.7. The van der Waals surface area contributed by atoms with Gasteiger partial charge in [0.05, 0.1) is 0 Å².